The van der Waals surface area contributed by atoms with Gasteiger partial charge in [0.25, 0.3) is 0 Å². The van der Waals surface area contributed by atoms with E-state index in [1.165, 1.54) is 11.1 Å². The summed E-state index contributed by atoms with van der Waals surface area (Å²) < 4.78 is 0. The fourth-order valence-electron chi connectivity index (χ4n) is 4.31. The number of hydrogen-bond donors (Lipinski definition) is 0. The Kier molecular flexibility index (Phi) is 5.53. The van der Waals surface area contributed by atoms with Crippen LogP contribution in [-0.2, 0) is 5.54 Å². The Morgan fingerprint density at radius 2 is 1.60 bits per heavy atom. The summed E-state index contributed by atoms with van der Waals surface area (Å²) in [6, 6.07) is 24.0. The normalized spacial score (nSPS) is 19.8. The van der Waals surface area contributed by atoms with Crippen LogP contribution in [0.25, 0.3) is 0 Å². The molecule has 2 aromatic rings. The Bertz CT molecular complexity index is 664. The Balaban J connectivity index is 2.15. The van der Waals surface area contributed by atoms with E-state index in [0.29, 0.717) is 12.3 Å². The fraction of sp³-hybridized carbons (Fsp3) is 0.409. The number of benzene rings is 2. The molecule has 2 aromatic carbocycles. The molecule has 130 valence electrons. The summed E-state index contributed by atoms with van der Waals surface area (Å²) in [5.41, 5.74) is 2.39. The SMILES string of the molecule is CN(C)CCN1CCC(CC#N)C1(c1ccccc1)c1ccccc1. The van der Waals surface area contributed by atoms with Crippen LogP contribution < -0.4 is 0 Å². The van der Waals surface area contributed by atoms with Crippen molar-refractivity contribution in [1.29, 1.82) is 5.26 Å². The van der Waals surface area contributed by atoms with Gasteiger partial charge in [0, 0.05) is 19.5 Å². The van der Waals surface area contributed by atoms with Crippen LogP contribution in [0.2, 0.25) is 0 Å². The molecule has 3 rings (SSSR count). The third kappa shape index (κ3) is 3.33. The van der Waals surface area contributed by atoms with Gasteiger partial charge in [-0.3, -0.25) is 4.90 Å². The average molecular weight is 333 g/mol. The molecule has 3 nitrogen and oxygen atoms in total. The second kappa shape index (κ2) is 7.82. The molecule has 0 spiro atoms. The van der Waals surface area contributed by atoms with Crippen molar-refractivity contribution < 1.29 is 0 Å². The Morgan fingerprint density at radius 3 is 2.08 bits per heavy atom. The Hall–Kier alpha value is -2.15. The maximum absolute atomic E-state index is 9.48. The standard InChI is InChI=1S/C22H27N3/c1-24(2)17-18-25-16-14-21(13-15-23)22(25,19-9-5-3-6-10-19)20-11-7-4-8-12-20/h3-12,21H,13-14,16-18H2,1-2H3. The minimum Gasteiger partial charge on any atom is -0.308 e. The molecule has 1 fully saturated rings. The topological polar surface area (TPSA) is 30.3 Å². The first kappa shape index (κ1) is 17.7. The zero-order valence-corrected chi connectivity index (χ0v) is 15.2. The first-order chi connectivity index (χ1) is 12.2. The number of nitrogens with zero attached hydrogens (tertiary/aromatic N) is 3. The minimum absolute atomic E-state index is 0.214. The van der Waals surface area contributed by atoms with E-state index in [1.807, 2.05) is 0 Å². The summed E-state index contributed by atoms with van der Waals surface area (Å²) in [5, 5.41) is 9.48. The fourth-order valence-corrected chi connectivity index (χ4v) is 4.31. The van der Waals surface area contributed by atoms with Crippen LogP contribution in [0.15, 0.2) is 60.7 Å². The van der Waals surface area contributed by atoms with Crippen LogP contribution in [0.5, 0.6) is 0 Å². The lowest BCUT2D eigenvalue weighted by Crippen LogP contribution is -2.48. The van der Waals surface area contributed by atoms with Gasteiger partial charge < -0.3 is 4.90 Å². The molecule has 1 atom stereocenters. The molecule has 0 N–H and O–H groups in total. The third-order valence-electron chi connectivity index (χ3n) is 5.42. The lowest BCUT2D eigenvalue weighted by molar-refractivity contribution is 0.130. The molecule has 1 aliphatic heterocycles. The lowest BCUT2D eigenvalue weighted by atomic mass is 9.72. The third-order valence-corrected chi connectivity index (χ3v) is 5.42. The van der Waals surface area contributed by atoms with Crippen molar-refractivity contribution in [2.24, 2.45) is 5.92 Å². The zero-order chi connectivity index (χ0) is 17.7. The molecular formula is C22H27N3. The Labute approximate surface area is 151 Å². The highest BCUT2D eigenvalue weighted by molar-refractivity contribution is 5.41. The number of nitriles is 1. The molecule has 0 bridgehead atoms. The summed E-state index contributed by atoms with van der Waals surface area (Å²) in [6.07, 6.45) is 1.65. The number of likely N-dealkylation sites (N-methyl/N-ethyl adjacent to an activating group) is 1. The van der Waals surface area contributed by atoms with Crippen molar-refractivity contribution in [3.63, 3.8) is 0 Å². The summed E-state index contributed by atoms with van der Waals surface area (Å²) in [5.74, 6) is 0.310. The molecule has 1 unspecified atom stereocenters. The van der Waals surface area contributed by atoms with E-state index in [0.717, 1.165) is 26.1 Å². The summed E-state index contributed by atoms with van der Waals surface area (Å²) in [7, 11) is 4.24. The molecule has 1 aliphatic rings. The molecule has 0 saturated carbocycles. The minimum atomic E-state index is -0.214. The van der Waals surface area contributed by atoms with Crippen LogP contribution in [0, 0.1) is 17.2 Å². The maximum Gasteiger partial charge on any atom is 0.0755 e. The van der Waals surface area contributed by atoms with Gasteiger partial charge >= 0.3 is 0 Å². The Morgan fingerprint density at radius 1 is 1.04 bits per heavy atom. The molecule has 0 radical (unpaired) electrons. The number of rotatable bonds is 6. The van der Waals surface area contributed by atoms with Gasteiger partial charge in [-0.25, -0.2) is 0 Å². The van der Waals surface area contributed by atoms with E-state index in [9.17, 15) is 5.26 Å². The number of likely N-dealkylation sites (tertiary alicyclic amines) is 1. The molecule has 25 heavy (non-hydrogen) atoms. The van der Waals surface area contributed by atoms with E-state index in [4.69, 9.17) is 0 Å². The smallest absolute Gasteiger partial charge is 0.0755 e. The second-order valence-electron chi connectivity index (χ2n) is 7.14. The van der Waals surface area contributed by atoms with Crippen molar-refractivity contribution >= 4 is 0 Å². The van der Waals surface area contributed by atoms with Crippen molar-refractivity contribution in [2.45, 2.75) is 18.4 Å². The average Bonchev–Trinajstić information content (AvgIpc) is 3.01. The van der Waals surface area contributed by atoms with E-state index < -0.39 is 0 Å². The molecule has 1 saturated heterocycles. The van der Waals surface area contributed by atoms with Gasteiger partial charge in [-0.15, -0.1) is 0 Å². The lowest BCUT2D eigenvalue weighted by Gasteiger charge is -2.43. The van der Waals surface area contributed by atoms with Crippen LogP contribution >= 0.6 is 0 Å². The molecule has 0 aromatic heterocycles. The molecule has 0 aliphatic carbocycles. The highest BCUT2D eigenvalue weighted by atomic mass is 15.3. The van der Waals surface area contributed by atoms with E-state index in [-0.39, 0.29) is 5.54 Å². The van der Waals surface area contributed by atoms with Gasteiger partial charge in [0.15, 0.2) is 0 Å². The van der Waals surface area contributed by atoms with E-state index in [2.05, 4.69) is 90.6 Å². The van der Waals surface area contributed by atoms with Gasteiger partial charge in [-0.1, -0.05) is 60.7 Å². The van der Waals surface area contributed by atoms with Gasteiger partial charge in [0.1, 0.15) is 0 Å². The first-order valence-corrected chi connectivity index (χ1v) is 9.07. The highest BCUT2D eigenvalue weighted by Crippen LogP contribution is 2.49. The van der Waals surface area contributed by atoms with Crippen LogP contribution in [0.4, 0.5) is 0 Å². The largest absolute Gasteiger partial charge is 0.308 e. The monoisotopic (exact) mass is 333 g/mol. The first-order valence-electron chi connectivity index (χ1n) is 9.07. The summed E-state index contributed by atoms with van der Waals surface area (Å²) >= 11 is 0. The summed E-state index contributed by atoms with van der Waals surface area (Å²) in [6.45, 7) is 3.05. The maximum atomic E-state index is 9.48. The highest BCUT2D eigenvalue weighted by Gasteiger charge is 2.50. The predicted molar refractivity (Wildman–Crippen MR) is 102 cm³/mol. The zero-order valence-electron chi connectivity index (χ0n) is 15.2. The van der Waals surface area contributed by atoms with Crippen molar-refractivity contribution in [1.82, 2.24) is 9.80 Å². The number of hydrogen-bond acceptors (Lipinski definition) is 3. The molecule has 3 heteroatoms. The molecular weight excluding hydrogens is 306 g/mol. The predicted octanol–water partition coefficient (Wildman–Crippen LogP) is 3.73. The second-order valence-corrected chi connectivity index (χ2v) is 7.14. The van der Waals surface area contributed by atoms with Gasteiger partial charge in [0.2, 0.25) is 0 Å². The van der Waals surface area contributed by atoms with Crippen molar-refractivity contribution in [3.05, 3.63) is 71.8 Å². The molecule has 0 amide bonds. The van der Waals surface area contributed by atoms with Crippen LogP contribution in [0.1, 0.15) is 24.0 Å². The molecule has 1 heterocycles. The van der Waals surface area contributed by atoms with Gasteiger partial charge in [-0.2, -0.15) is 5.26 Å². The van der Waals surface area contributed by atoms with Gasteiger partial charge in [-0.05, 0) is 44.1 Å². The summed E-state index contributed by atoms with van der Waals surface area (Å²) in [4.78, 5) is 4.83. The van der Waals surface area contributed by atoms with E-state index >= 15 is 0 Å². The van der Waals surface area contributed by atoms with Crippen LogP contribution in [0.3, 0.4) is 0 Å². The van der Waals surface area contributed by atoms with Crippen molar-refractivity contribution in [3.8, 4) is 6.07 Å². The van der Waals surface area contributed by atoms with Crippen LogP contribution in [-0.4, -0.2) is 43.5 Å². The van der Waals surface area contributed by atoms with Crippen molar-refractivity contribution in [2.75, 3.05) is 33.7 Å². The van der Waals surface area contributed by atoms with Gasteiger partial charge in [0.05, 0.1) is 11.6 Å². The quantitative estimate of drug-likeness (QED) is 0.807. The van der Waals surface area contributed by atoms with E-state index in [1.54, 1.807) is 0 Å².